The van der Waals surface area contributed by atoms with Gasteiger partial charge in [-0.15, -0.1) is 11.3 Å². The molecule has 0 radical (unpaired) electrons. The van der Waals surface area contributed by atoms with Gasteiger partial charge in [-0.3, -0.25) is 0 Å². The predicted molar refractivity (Wildman–Crippen MR) is 125 cm³/mol. The Kier molecular flexibility index (Phi) is 5.76. The summed E-state index contributed by atoms with van der Waals surface area (Å²) in [4.78, 5) is 2.23. The maximum atomic E-state index is 13.2. The SMILES string of the molecule is C[C@H]1C[C@]2(OCc3cc(Br)c(Cc4ccc(-c5ccc(F)cc5)s4)cc32)[C@H](O)[C@@H](O)[C@@H]1O. The van der Waals surface area contributed by atoms with Crippen LogP contribution in [0.1, 0.15) is 34.9 Å². The summed E-state index contributed by atoms with van der Waals surface area (Å²) in [5.41, 5.74) is 2.89. The molecule has 0 bridgehead atoms. The van der Waals surface area contributed by atoms with E-state index in [-0.39, 0.29) is 11.7 Å². The van der Waals surface area contributed by atoms with Crippen molar-refractivity contribution >= 4 is 27.3 Å². The van der Waals surface area contributed by atoms with Crippen LogP contribution in [0.15, 0.2) is 53.0 Å². The van der Waals surface area contributed by atoms with Crippen LogP contribution in [0.5, 0.6) is 0 Å². The minimum atomic E-state index is -1.26. The molecule has 2 heterocycles. The molecule has 168 valence electrons. The van der Waals surface area contributed by atoms with E-state index in [1.807, 2.05) is 19.1 Å². The van der Waals surface area contributed by atoms with E-state index in [1.165, 1.54) is 12.1 Å². The van der Waals surface area contributed by atoms with Crippen LogP contribution in [-0.2, 0) is 23.4 Å². The first kappa shape index (κ1) is 22.2. The van der Waals surface area contributed by atoms with Crippen molar-refractivity contribution in [2.45, 2.75) is 50.3 Å². The molecule has 7 heteroatoms. The summed E-state index contributed by atoms with van der Waals surface area (Å²) in [5, 5.41) is 31.6. The Balaban J connectivity index is 1.46. The summed E-state index contributed by atoms with van der Waals surface area (Å²) in [6.07, 6.45) is -2.31. The third kappa shape index (κ3) is 3.65. The van der Waals surface area contributed by atoms with Crippen molar-refractivity contribution in [3.05, 3.63) is 80.4 Å². The van der Waals surface area contributed by atoms with Gasteiger partial charge >= 0.3 is 0 Å². The first-order valence-electron chi connectivity index (χ1n) is 10.6. The van der Waals surface area contributed by atoms with Gasteiger partial charge in [-0.2, -0.15) is 0 Å². The molecule has 1 spiro atoms. The summed E-state index contributed by atoms with van der Waals surface area (Å²) in [6, 6.07) is 14.7. The summed E-state index contributed by atoms with van der Waals surface area (Å²) < 4.78 is 20.3. The van der Waals surface area contributed by atoms with Crippen LogP contribution < -0.4 is 0 Å². The molecule has 1 fully saturated rings. The van der Waals surface area contributed by atoms with Crippen molar-refractivity contribution in [2.75, 3.05) is 0 Å². The molecule has 5 rings (SSSR count). The van der Waals surface area contributed by atoms with Crippen LogP contribution in [0.3, 0.4) is 0 Å². The van der Waals surface area contributed by atoms with E-state index in [0.717, 1.165) is 36.5 Å². The number of thiophene rings is 1. The van der Waals surface area contributed by atoms with E-state index >= 15 is 0 Å². The predicted octanol–water partition coefficient (Wildman–Crippen LogP) is 4.76. The number of aliphatic hydroxyl groups is 3. The summed E-state index contributed by atoms with van der Waals surface area (Å²) in [7, 11) is 0. The lowest BCUT2D eigenvalue weighted by Crippen LogP contribution is -2.58. The van der Waals surface area contributed by atoms with Gasteiger partial charge in [0, 0.05) is 20.6 Å². The molecule has 3 N–H and O–H groups in total. The molecule has 0 saturated heterocycles. The lowest BCUT2D eigenvalue weighted by atomic mass is 9.70. The van der Waals surface area contributed by atoms with Crippen LogP contribution in [0.25, 0.3) is 10.4 Å². The fourth-order valence-electron chi connectivity index (χ4n) is 4.95. The number of hydrogen-bond acceptors (Lipinski definition) is 5. The quantitative estimate of drug-likeness (QED) is 0.467. The van der Waals surface area contributed by atoms with Gasteiger partial charge in [-0.25, -0.2) is 4.39 Å². The number of fused-ring (bicyclic) bond motifs is 2. The van der Waals surface area contributed by atoms with Gasteiger partial charge in [0.25, 0.3) is 0 Å². The van der Waals surface area contributed by atoms with Crippen molar-refractivity contribution in [3.8, 4) is 10.4 Å². The summed E-state index contributed by atoms with van der Waals surface area (Å²) >= 11 is 5.34. The Morgan fingerprint density at radius 2 is 1.84 bits per heavy atom. The third-order valence-electron chi connectivity index (χ3n) is 6.73. The molecule has 4 nitrogen and oxygen atoms in total. The first-order chi connectivity index (χ1) is 15.3. The fourth-order valence-corrected chi connectivity index (χ4v) is 6.52. The molecule has 1 saturated carbocycles. The maximum absolute atomic E-state index is 13.2. The standard InChI is InChI=1S/C25H24BrFO4S/c1-13-11-25(24(30)23(29)22(13)28)19-9-15(20(26)10-16(19)12-31-25)8-18-6-7-21(32-18)14-2-4-17(27)5-3-14/h2-7,9-10,13,22-24,28-30H,8,11-12H2,1H3/t13-,22+,23-,24+,25+/m0/s1. The van der Waals surface area contributed by atoms with Crippen molar-refractivity contribution < 1.29 is 24.4 Å². The molecule has 1 aromatic heterocycles. The average molecular weight is 519 g/mol. The minimum absolute atomic E-state index is 0.206. The zero-order valence-electron chi connectivity index (χ0n) is 17.5. The number of ether oxygens (including phenoxy) is 1. The largest absolute Gasteiger partial charge is 0.390 e. The second-order valence-electron chi connectivity index (χ2n) is 8.84. The second kappa shape index (κ2) is 8.31. The van der Waals surface area contributed by atoms with E-state index in [4.69, 9.17) is 4.74 Å². The highest BCUT2D eigenvalue weighted by Gasteiger charge is 2.55. The highest BCUT2D eigenvalue weighted by atomic mass is 79.9. The van der Waals surface area contributed by atoms with Gasteiger partial charge < -0.3 is 20.1 Å². The van der Waals surface area contributed by atoms with Crippen molar-refractivity contribution in [3.63, 3.8) is 0 Å². The number of aliphatic hydroxyl groups excluding tert-OH is 3. The third-order valence-corrected chi connectivity index (χ3v) is 8.60. The zero-order chi connectivity index (χ0) is 22.6. The van der Waals surface area contributed by atoms with Crippen molar-refractivity contribution in [1.82, 2.24) is 0 Å². The molecule has 1 aliphatic carbocycles. The Hall–Kier alpha value is -1.61. The van der Waals surface area contributed by atoms with Crippen molar-refractivity contribution in [2.24, 2.45) is 5.92 Å². The highest BCUT2D eigenvalue weighted by molar-refractivity contribution is 9.10. The van der Waals surface area contributed by atoms with E-state index in [9.17, 15) is 19.7 Å². The topological polar surface area (TPSA) is 69.9 Å². The molecule has 0 unspecified atom stereocenters. The van der Waals surface area contributed by atoms with E-state index in [0.29, 0.717) is 19.4 Å². The Morgan fingerprint density at radius 3 is 2.59 bits per heavy atom. The van der Waals surface area contributed by atoms with Gasteiger partial charge in [-0.1, -0.05) is 41.1 Å². The molecule has 2 aliphatic rings. The number of hydrogen-bond donors (Lipinski definition) is 3. The number of benzene rings is 2. The van der Waals surface area contributed by atoms with E-state index in [1.54, 1.807) is 23.5 Å². The summed E-state index contributed by atoms with van der Waals surface area (Å²) in [6.45, 7) is 2.22. The molecule has 1 aliphatic heterocycles. The maximum Gasteiger partial charge on any atom is 0.123 e. The van der Waals surface area contributed by atoms with Gasteiger partial charge in [0.15, 0.2) is 0 Å². The Bertz CT molecular complexity index is 1150. The van der Waals surface area contributed by atoms with Crippen LogP contribution in [0.4, 0.5) is 4.39 Å². The highest BCUT2D eigenvalue weighted by Crippen LogP contribution is 2.50. The van der Waals surface area contributed by atoms with Crippen LogP contribution in [-0.4, -0.2) is 33.6 Å². The molecule has 5 atom stereocenters. The monoisotopic (exact) mass is 518 g/mol. The van der Waals surface area contributed by atoms with Crippen LogP contribution >= 0.6 is 27.3 Å². The van der Waals surface area contributed by atoms with Crippen molar-refractivity contribution in [1.29, 1.82) is 0 Å². The first-order valence-corrected chi connectivity index (χ1v) is 12.2. The normalized spacial score (nSPS) is 29.4. The van der Waals surface area contributed by atoms with Crippen LogP contribution in [0.2, 0.25) is 0 Å². The van der Waals surface area contributed by atoms with Crippen LogP contribution in [0, 0.1) is 11.7 Å². The Labute approximate surface area is 198 Å². The average Bonchev–Trinajstić information content (AvgIpc) is 3.37. The fraction of sp³-hybridized carbons (Fsp3) is 0.360. The lowest BCUT2D eigenvalue weighted by molar-refractivity contribution is -0.222. The molecular weight excluding hydrogens is 495 g/mol. The lowest BCUT2D eigenvalue weighted by Gasteiger charge is -2.46. The minimum Gasteiger partial charge on any atom is -0.390 e. The molecule has 2 aromatic carbocycles. The van der Waals surface area contributed by atoms with Gasteiger partial charge in [0.2, 0.25) is 0 Å². The number of halogens is 2. The number of rotatable bonds is 3. The molecule has 32 heavy (non-hydrogen) atoms. The van der Waals surface area contributed by atoms with Gasteiger partial charge in [-0.05, 0) is 64.9 Å². The molecule has 3 aromatic rings. The molecular formula is C25H24BrFO4S. The second-order valence-corrected chi connectivity index (χ2v) is 10.9. The molecule has 0 amide bonds. The van der Waals surface area contributed by atoms with E-state index < -0.39 is 23.9 Å². The zero-order valence-corrected chi connectivity index (χ0v) is 19.9. The Morgan fingerprint density at radius 1 is 1.09 bits per heavy atom. The van der Waals surface area contributed by atoms with Gasteiger partial charge in [0.05, 0.1) is 12.7 Å². The van der Waals surface area contributed by atoms with Gasteiger partial charge in [0.1, 0.15) is 23.6 Å². The summed E-state index contributed by atoms with van der Waals surface area (Å²) in [5.74, 6) is -0.456. The van der Waals surface area contributed by atoms with E-state index in [2.05, 4.69) is 28.1 Å². The smallest absolute Gasteiger partial charge is 0.123 e.